The monoisotopic (exact) mass is 231 g/mol. The second-order valence-electron chi connectivity index (χ2n) is 4.63. The maximum Gasteiger partial charge on any atom is 0.137 e. The van der Waals surface area contributed by atoms with Gasteiger partial charge in [0, 0.05) is 6.42 Å². The summed E-state index contributed by atoms with van der Waals surface area (Å²) in [6, 6.07) is 8.03. The molecule has 0 spiro atoms. The highest BCUT2D eigenvalue weighted by atomic mass is 16.5. The third-order valence-corrected chi connectivity index (χ3v) is 2.97. The van der Waals surface area contributed by atoms with Gasteiger partial charge < -0.3 is 9.47 Å². The van der Waals surface area contributed by atoms with Crippen molar-refractivity contribution in [3.8, 4) is 11.8 Å². The van der Waals surface area contributed by atoms with Crippen LogP contribution in [0, 0.1) is 11.3 Å². The van der Waals surface area contributed by atoms with Crippen molar-refractivity contribution in [2.45, 2.75) is 32.3 Å². The number of rotatable bonds is 3. The van der Waals surface area contributed by atoms with Gasteiger partial charge in [-0.2, -0.15) is 5.26 Å². The van der Waals surface area contributed by atoms with E-state index in [1.165, 1.54) is 0 Å². The predicted molar refractivity (Wildman–Crippen MR) is 65.1 cm³/mol. The lowest BCUT2D eigenvalue weighted by Gasteiger charge is -2.14. The third kappa shape index (κ3) is 2.78. The van der Waals surface area contributed by atoms with Gasteiger partial charge in [0.2, 0.25) is 0 Å². The summed E-state index contributed by atoms with van der Waals surface area (Å²) in [5.41, 5.74) is 1.78. The van der Waals surface area contributed by atoms with Gasteiger partial charge in [0.15, 0.2) is 0 Å². The molecule has 0 amide bonds. The van der Waals surface area contributed by atoms with E-state index in [9.17, 15) is 0 Å². The molecule has 0 bridgehead atoms. The van der Waals surface area contributed by atoms with Crippen LogP contribution in [0.3, 0.4) is 0 Å². The standard InChI is InChI=1S/C14H17NO2/c1-10(2)11-3-4-14(12(7-11)8-15)17-13-5-6-16-9-13/h3-4,7,10,13H,5-6,9H2,1-2H3/t13-/m1/s1. The fourth-order valence-corrected chi connectivity index (χ4v) is 1.88. The molecule has 1 heterocycles. The third-order valence-electron chi connectivity index (χ3n) is 2.97. The lowest BCUT2D eigenvalue weighted by Crippen LogP contribution is -2.16. The second-order valence-corrected chi connectivity index (χ2v) is 4.63. The molecular weight excluding hydrogens is 214 g/mol. The van der Waals surface area contributed by atoms with E-state index >= 15 is 0 Å². The van der Waals surface area contributed by atoms with Crippen LogP contribution in [0.4, 0.5) is 0 Å². The van der Waals surface area contributed by atoms with Crippen molar-refractivity contribution >= 4 is 0 Å². The molecule has 3 nitrogen and oxygen atoms in total. The number of nitriles is 1. The Morgan fingerprint density at radius 1 is 1.47 bits per heavy atom. The average molecular weight is 231 g/mol. The van der Waals surface area contributed by atoms with E-state index in [1.54, 1.807) is 0 Å². The Bertz CT molecular complexity index is 428. The van der Waals surface area contributed by atoms with Crippen LogP contribution in [0.1, 0.15) is 37.3 Å². The number of hydrogen-bond donors (Lipinski definition) is 0. The second kappa shape index (κ2) is 5.20. The Balaban J connectivity index is 2.19. The molecule has 0 N–H and O–H groups in total. The van der Waals surface area contributed by atoms with Crippen molar-refractivity contribution in [2.75, 3.05) is 13.2 Å². The largest absolute Gasteiger partial charge is 0.487 e. The first-order chi connectivity index (χ1) is 8.20. The van der Waals surface area contributed by atoms with Crippen molar-refractivity contribution in [3.05, 3.63) is 29.3 Å². The molecule has 0 radical (unpaired) electrons. The maximum absolute atomic E-state index is 9.14. The van der Waals surface area contributed by atoms with Gasteiger partial charge in [-0.3, -0.25) is 0 Å². The van der Waals surface area contributed by atoms with Crippen LogP contribution in [0.15, 0.2) is 18.2 Å². The van der Waals surface area contributed by atoms with E-state index in [0.717, 1.165) is 18.6 Å². The van der Waals surface area contributed by atoms with Crippen LogP contribution < -0.4 is 4.74 Å². The molecule has 1 aromatic carbocycles. The van der Waals surface area contributed by atoms with E-state index in [4.69, 9.17) is 14.7 Å². The smallest absolute Gasteiger partial charge is 0.137 e. The van der Waals surface area contributed by atoms with Crippen LogP contribution in [0.5, 0.6) is 5.75 Å². The van der Waals surface area contributed by atoms with Crippen LogP contribution >= 0.6 is 0 Å². The summed E-state index contributed by atoms with van der Waals surface area (Å²) in [5, 5.41) is 9.14. The molecule has 1 aromatic rings. The predicted octanol–water partition coefficient (Wildman–Crippen LogP) is 2.85. The van der Waals surface area contributed by atoms with Gasteiger partial charge in [-0.1, -0.05) is 19.9 Å². The minimum absolute atomic E-state index is 0.0898. The van der Waals surface area contributed by atoms with E-state index in [1.807, 2.05) is 18.2 Å². The summed E-state index contributed by atoms with van der Waals surface area (Å²) >= 11 is 0. The fourth-order valence-electron chi connectivity index (χ4n) is 1.88. The Hall–Kier alpha value is -1.53. The maximum atomic E-state index is 9.14. The van der Waals surface area contributed by atoms with E-state index in [-0.39, 0.29) is 6.10 Å². The minimum Gasteiger partial charge on any atom is -0.487 e. The van der Waals surface area contributed by atoms with Crippen LogP contribution in [0.2, 0.25) is 0 Å². The highest BCUT2D eigenvalue weighted by Gasteiger charge is 2.18. The number of benzene rings is 1. The molecule has 1 fully saturated rings. The van der Waals surface area contributed by atoms with E-state index < -0.39 is 0 Å². The minimum atomic E-state index is 0.0898. The lowest BCUT2D eigenvalue weighted by atomic mass is 10.0. The molecule has 3 heteroatoms. The molecule has 90 valence electrons. The van der Waals surface area contributed by atoms with Crippen molar-refractivity contribution in [1.82, 2.24) is 0 Å². The molecule has 1 aliphatic heterocycles. The molecule has 1 aliphatic rings. The molecule has 0 aliphatic carbocycles. The zero-order valence-corrected chi connectivity index (χ0v) is 10.3. The van der Waals surface area contributed by atoms with Crippen LogP contribution in [-0.4, -0.2) is 19.3 Å². The van der Waals surface area contributed by atoms with Gasteiger partial charge in [0.05, 0.1) is 18.8 Å². The Morgan fingerprint density at radius 3 is 2.88 bits per heavy atom. The number of nitrogens with zero attached hydrogens (tertiary/aromatic N) is 1. The van der Waals surface area contributed by atoms with Crippen LogP contribution in [0.25, 0.3) is 0 Å². The van der Waals surface area contributed by atoms with Gasteiger partial charge in [-0.15, -0.1) is 0 Å². The fraction of sp³-hybridized carbons (Fsp3) is 0.500. The summed E-state index contributed by atoms with van der Waals surface area (Å²) in [4.78, 5) is 0. The SMILES string of the molecule is CC(C)c1ccc(O[C@@H]2CCOC2)c(C#N)c1. The van der Waals surface area contributed by atoms with E-state index in [2.05, 4.69) is 19.9 Å². The van der Waals surface area contributed by atoms with Gasteiger partial charge in [0.1, 0.15) is 17.9 Å². The summed E-state index contributed by atoms with van der Waals surface area (Å²) in [5.74, 6) is 1.10. The van der Waals surface area contributed by atoms with Crippen molar-refractivity contribution in [1.29, 1.82) is 5.26 Å². The molecule has 2 rings (SSSR count). The van der Waals surface area contributed by atoms with Gasteiger partial charge in [-0.05, 0) is 23.6 Å². The van der Waals surface area contributed by atoms with Crippen LogP contribution in [-0.2, 0) is 4.74 Å². The highest BCUT2D eigenvalue weighted by Crippen LogP contribution is 2.25. The Labute approximate surface area is 102 Å². The molecular formula is C14H17NO2. The average Bonchev–Trinajstić information content (AvgIpc) is 2.82. The Kier molecular flexibility index (Phi) is 3.65. The topological polar surface area (TPSA) is 42.2 Å². The molecule has 17 heavy (non-hydrogen) atoms. The lowest BCUT2D eigenvalue weighted by molar-refractivity contribution is 0.141. The first-order valence-corrected chi connectivity index (χ1v) is 5.99. The normalized spacial score (nSPS) is 19.3. The number of hydrogen-bond acceptors (Lipinski definition) is 3. The first kappa shape index (κ1) is 11.9. The van der Waals surface area contributed by atoms with Gasteiger partial charge in [0.25, 0.3) is 0 Å². The van der Waals surface area contributed by atoms with Crippen molar-refractivity contribution < 1.29 is 9.47 Å². The molecule has 0 aromatic heterocycles. The van der Waals surface area contributed by atoms with Gasteiger partial charge in [-0.25, -0.2) is 0 Å². The summed E-state index contributed by atoms with van der Waals surface area (Å²) < 4.78 is 11.0. The summed E-state index contributed by atoms with van der Waals surface area (Å²) in [6.07, 6.45) is 0.989. The van der Waals surface area contributed by atoms with E-state index in [0.29, 0.717) is 23.8 Å². The Morgan fingerprint density at radius 2 is 2.29 bits per heavy atom. The quantitative estimate of drug-likeness (QED) is 0.803. The molecule has 0 unspecified atom stereocenters. The highest BCUT2D eigenvalue weighted by molar-refractivity contribution is 5.46. The molecule has 0 saturated carbocycles. The van der Waals surface area contributed by atoms with Crippen molar-refractivity contribution in [2.24, 2.45) is 0 Å². The summed E-state index contributed by atoms with van der Waals surface area (Å²) in [7, 11) is 0. The summed E-state index contributed by atoms with van der Waals surface area (Å²) in [6.45, 7) is 5.59. The molecule has 1 saturated heterocycles. The van der Waals surface area contributed by atoms with Gasteiger partial charge >= 0.3 is 0 Å². The van der Waals surface area contributed by atoms with Crippen molar-refractivity contribution in [3.63, 3.8) is 0 Å². The first-order valence-electron chi connectivity index (χ1n) is 5.99. The number of ether oxygens (including phenoxy) is 2. The zero-order valence-electron chi connectivity index (χ0n) is 10.3. The molecule has 1 atom stereocenters. The zero-order chi connectivity index (χ0) is 12.3.